The molecule has 1 aliphatic rings. The molecular weight excluding hydrogens is 358 g/mol. The van der Waals surface area contributed by atoms with E-state index in [1.165, 1.54) is 0 Å². The summed E-state index contributed by atoms with van der Waals surface area (Å²) in [7, 11) is -1.36. The number of ether oxygens (including phenoxy) is 1. The molecule has 1 N–H and O–H groups in total. The maximum atomic E-state index is 11.8. The van der Waals surface area contributed by atoms with Crippen molar-refractivity contribution in [2.75, 3.05) is 18.6 Å². The normalized spacial score (nSPS) is 20.2. The summed E-state index contributed by atoms with van der Waals surface area (Å²) in [6.45, 7) is 0. The molecule has 0 saturated carbocycles. The predicted octanol–water partition coefficient (Wildman–Crippen LogP) is 1.69. The number of carbonyl (C=O) groups is 1. The minimum absolute atomic E-state index is 0.0623. The van der Waals surface area contributed by atoms with Gasteiger partial charge in [-0.3, -0.25) is 4.79 Å². The van der Waals surface area contributed by atoms with Crippen LogP contribution in [0.5, 0.6) is 5.75 Å². The van der Waals surface area contributed by atoms with E-state index in [0.29, 0.717) is 19.3 Å². The van der Waals surface area contributed by atoms with Crippen molar-refractivity contribution in [2.24, 2.45) is 0 Å². The van der Waals surface area contributed by atoms with Crippen LogP contribution in [0, 0.1) is 0 Å². The first-order valence-electron chi connectivity index (χ1n) is 6.72. The third kappa shape index (κ3) is 4.71. The molecule has 0 bridgehead atoms. The van der Waals surface area contributed by atoms with Crippen LogP contribution in [-0.4, -0.2) is 39.0 Å². The molecule has 1 amide bonds. The fraction of sp³-hybridized carbons (Fsp3) is 0.500. The topological polar surface area (TPSA) is 72.5 Å². The number of rotatable bonds is 5. The lowest BCUT2D eigenvalue weighted by Gasteiger charge is -2.11. The maximum Gasteiger partial charge on any atom is 0.220 e. The van der Waals surface area contributed by atoms with Gasteiger partial charge in [-0.2, -0.15) is 0 Å². The van der Waals surface area contributed by atoms with Crippen LogP contribution in [0.2, 0.25) is 0 Å². The molecular formula is C14H18BrNO4S. The summed E-state index contributed by atoms with van der Waals surface area (Å²) in [6, 6.07) is 5.45. The minimum atomic E-state index is -2.96. The zero-order valence-electron chi connectivity index (χ0n) is 11.8. The Balaban J connectivity index is 1.83. The molecule has 1 aromatic rings. The second-order valence-corrected chi connectivity index (χ2v) is 8.22. The number of halogens is 1. The number of sulfone groups is 1. The summed E-state index contributed by atoms with van der Waals surface area (Å²) in [6.07, 6.45) is 1.46. The van der Waals surface area contributed by atoms with E-state index in [-0.39, 0.29) is 23.5 Å². The number of carbonyl (C=O) groups excluding carboxylic acids is 1. The van der Waals surface area contributed by atoms with Gasteiger partial charge in [0, 0.05) is 12.5 Å². The van der Waals surface area contributed by atoms with Crippen LogP contribution < -0.4 is 10.1 Å². The maximum absolute atomic E-state index is 11.8. The SMILES string of the molecule is COc1ccc(CCC(=O)NC2CCS(=O)(=O)C2)cc1Br. The molecule has 21 heavy (non-hydrogen) atoms. The zero-order valence-corrected chi connectivity index (χ0v) is 14.2. The Morgan fingerprint density at radius 2 is 2.24 bits per heavy atom. The van der Waals surface area contributed by atoms with Gasteiger partial charge in [-0.05, 0) is 46.5 Å². The van der Waals surface area contributed by atoms with Crippen molar-refractivity contribution in [3.05, 3.63) is 28.2 Å². The number of amides is 1. The largest absolute Gasteiger partial charge is 0.496 e. The highest BCUT2D eigenvalue weighted by molar-refractivity contribution is 9.10. The van der Waals surface area contributed by atoms with Crippen molar-refractivity contribution in [1.29, 1.82) is 0 Å². The Labute approximate surface area is 133 Å². The lowest BCUT2D eigenvalue weighted by atomic mass is 10.1. The number of benzene rings is 1. The Morgan fingerprint density at radius 3 is 2.81 bits per heavy atom. The van der Waals surface area contributed by atoms with E-state index in [1.807, 2.05) is 18.2 Å². The van der Waals surface area contributed by atoms with E-state index in [4.69, 9.17) is 4.74 Å². The van der Waals surface area contributed by atoms with Crippen molar-refractivity contribution < 1.29 is 17.9 Å². The molecule has 0 aromatic heterocycles. The van der Waals surface area contributed by atoms with Gasteiger partial charge in [-0.15, -0.1) is 0 Å². The minimum Gasteiger partial charge on any atom is -0.496 e. The van der Waals surface area contributed by atoms with Gasteiger partial charge in [-0.1, -0.05) is 6.07 Å². The number of nitrogens with one attached hydrogen (secondary N) is 1. The third-order valence-electron chi connectivity index (χ3n) is 3.45. The van der Waals surface area contributed by atoms with E-state index in [9.17, 15) is 13.2 Å². The predicted molar refractivity (Wildman–Crippen MR) is 84.2 cm³/mol. The molecule has 5 nitrogen and oxygen atoms in total. The lowest BCUT2D eigenvalue weighted by molar-refractivity contribution is -0.121. The van der Waals surface area contributed by atoms with Crippen LogP contribution in [0.25, 0.3) is 0 Å². The van der Waals surface area contributed by atoms with E-state index >= 15 is 0 Å². The van der Waals surface area contributed by atoms with Crippen LogP contribution in [-0.2, 0) is 21.1 Å². The van der Waals surface area contributed by atoms with Crippen molar-refractivity contribution in [3.8, 4) is 5.75 Å². The highest BCUT2D eigenvalue weighted by Gasteiger charge is 2.28. The second-order valence-electron chi connectivity index (χ2n) is 5.14. The molecule has 1 atom stereocenters. The van der Waals surface area contributed by atoms with Crippen LogP contribution in [0.3, 0.4) is 0 Å². The van der Waals surface area contributed by atoms with Gasteiger partial charge < -0.3 is 10.1 Å². The number of methoxy groups -OCH3 is 1. The molecule has 0 radical (unpaired) electrons. The molecule has 2 rings (SSSR count). The smallest absolute Gasteiger partial charge is 0.220 e. The summed E-state index contributed by atoms with van der Waals surface area (Å²) in [5.41, 5.74) is 1.02. The van der Waals surface area contributed by atoms with Crippen molar-refractivity contribution in [1.82, 2.24) is 5.32 Å². The van der Waals surface area contributed by atoms with Crippen molar-refractivity contribution in [3.63, 3.8) is 0 Å². The molecule has 1 aliphatic heterocycles. The van der Waals surface area contributed by atoms with E-state index in [1.54, 1.807) is 7.11 Å². The monoisotopic (exact) mass is 375 g/mol. The molecule has 1 aromatic carbocycles. The Hall–Kier alpha value is -1.08. The van der Waals surface area contributed by atoms with E-state index < -0.39 is 9.84 Å². The fourth-order valence-electron chi connectivity index (χ4n) is 2.33. The fourth-order valence-corrected chi connectivity index (χ4v) is 4.59. The number of aryl methyl sites for hydroxylation is 1. The van der Waals surface area contributed by atoms with Crippen LogP contribution in [0.15, 0.2) is 22.7 Å². The molecule has 0 aliphatic carbocycles. The van der Waals surface area contributed by atoms with E-state index in [0.717, 1.165) is 15.8 Å². The molecule has 7 heteroatoms. The number of hydrogen-bond donors (Lipinski definition) is 1. The van der Waals surface area contributed by atoms with E-state index in [2.05, 4.69) is 21.2 Å². The first kappa shape index (κ1) is 16.3. The summed E-state index contributed by atoms with van der Waals surface area (Å²) >= 11 is 3.41. The van der Waals surface area contributed by atoms with Crippen molar-refractivity contribution in [2.45, 2.75) is 25.3 Å². The molecule has 1 unspecified atom stereocenters. The Bertz CT molecular complexity index is 630. The molecule has 0 spiro atoms. The highest BCUT2D eigenvalue weighted by Crippen LogP contribution is 2.26. The Morgan fingerprint density at radius 1 is 1.48 bits per heavy atom. The van der Waals surface area contributed by atoms with Gasteiger partial charge in [0.2, 0.25) is 5.91 Å². The second kappa shape index (κ2) is 6.79. The third-order valence-corrected chi connectivity index (χ3v) is 5.84. The highest BCUT2D eigenvalue weighted by atomic mass is 79.9. The first-order valence-corrected chi connectivity index (χ1v) is 9.33. The zero-order chi connectivity index (χ0) is 15.5. The first-order chi connectivity index (χ1) is 9.89. The summed E-state index contributed by atoms with van der Waals surface area (Å²) in [5.74, 6) is 0.874. The summed E-state index contributed by atoms with van der Waals surface area (Å²) < 4.78 is 28.7. The Kier molecular flexibility index (Phi) is 5.27. The average Bonchev–Trinajstić information content (AvgIpc) is 2.75. The molecule has 1 heterocycles. The van der Waals surface area contributed by atoms with Gasteiger partial charge in [0.15, 0.2) is 9.84 Å². The lowest BCUT2D eigenvalue weighted by Crippen LogP contribution is -2.35. The molecule has 116 valence electrons. The van der Waals surface area contributed by atoms with Crippen molar-refractivity contribution >= 4 is 31.7 Å². The van der Waals surface area contributed by atoms with Gasteiger partial charge >= 0.3 is 0 Å². The summed E-state index contributed by atoms with van der Waals surface area (Å²) in [4.78, 5) is 11.8. The van der Waals surface area contributed by atoms with Crippen LogP contribution in [0.1, 0.15) is 18.4 Å². The van der Waals surface area contributed by atoms with Gasteiger partial charge in [0.1, 0.15) is 5.75 Å². The number of hydrogen-bond acceptors (Lipinski definition) is 4. The van der Waals surface area contributed by atoms with Crippen LogP contribution in [0.4, 0.5) is 0 Å². The molecule has 1 fully saturated rings. The van der Waals surface area contributed by atoms with Gasteiger partial charge in [-0.25, -0.2) is 8.42 Å². The van der Waals surface area contributed by atoms with Gasteiger partial charge in [0.05, 0.1) is 23.1 Å². The average molecular weight is 376 g/mol. The quantitative estimate of drug-likeness (QED) is 0.849. The molecule has 1 saturated heterocycles. The summed E-state index contributed by atoms with van der Waals surface area (Å²) in [5, 5.41) is 2.79. The van der Waals surface area contributed by atoms with Gasteiger partial charge in [0.25, 0.3) is 0 Å². The standard InChI is InChI=1S/C14H18BrNO4S/c1-20-13-4-2-10(8-12(13)15)3-5-14(17)16-11-6-7-21(18,19)9-11/h2,4,8,11H,3,5-7,9H2,1H3,(H,16,17). The van der Waals surface area contributed by atoms with Crippen LogP contribution >= 0.6 is 15.9 Å².